The molecule has 0 unspecified atom stereocenters. The first-order chi connectivity index (χ1) is 15.8. The molecule has 1 saturated heterocycles. The van der Waals surface area contributed by atoms with Crippen LogP contribution in [-0.2, 0) is 19.0 Å². The van der Waals surface area contributed by atoms with Gasteiger partial charge in [0.25, 0.3) is 0 Å². The quantitative estimate of drug-likeness (QED) is 0.132. The molecule has 0 saturated carbocycles. The maximum atomic E-state index is 12.0. The zero-order valence-corrected chi connectivity index (χ0v) is 20.1. The van der Waals surface area contributed by atoms with Crippen molar-refractivity contribution in [1.29, 1.82) is 0 Å². The van der Waals surface area contributed by atoms with E-state index in [4.69, 9.17) is 14.2 Å². The van der Waals surface area contributed by atoms with Gasteiger partial charge in [0, 0.05) is 12.0 Å². The molecule has 180 valence electrons. The molecule has 0 radical (unpaired) electrons. The van der Waals surface area contributed by atoms with Gasteiger partial charge in [-0.3, -0.25) is 4.79 Å². The fourth-order valence-corrected chi connectivity index (χ4v) is 3.92. The van der Waals surface area contributed by atoms with Crippen molar-refractivity contribution in [2.45, 2.75) is 109 Å². The molecule has 4 nitrogen and oxygen atoms in total. The number of rotatable bonds is 18. The molecule has 1 fully saturated rings. The molecule has 1 heterocycles. The number of hydrogen-bond donors (Lipinski definition) is 0. The molecule has 2 rings (SSSR count). The molecule has 32 heavy (non-hydrogen) atoms. The number of carbonyl (C=O) groups is 1. The number of carbonyl (C=O) groups excluding carboxylic acids is 1. The number of allylic oxidation sites excluding steroid dienone is 2. The molecule has 0 aliphatic carbocycles. The molecule has 0 bridgehead atoms. The first-order valence-corrected chi connectivity index (χ1v) is 12.9. The lowest BCUT2D eigenvalue weighted by Gasteiger charge is -2.12. The van der Waals surface area contributed by atoms with Crippen LogP contribution in [0.5, 0.6) is 0 Å². The summed E-state index contributed by atoms with van der Waals surface area (Å²) in [6.45, 7) is 3.00. The van der Waals surface area contributed by atoms with Crippen molar-refractivity contribution in [3.63, 3.8) is 0 Å². The SMILES string of the molecule is CCCCCCCC/C=C/CCCCCCCC(=O)OC[C@@H]1CO[C@H](c2ccccc2)O1. The van der Waals surface area contributed by atoms with Gasteiger partial charge in [-0.15, -0.1) is 0 Å². The van der Waals surface area contributed by atoms with Crippen LogP contribution in [0, 0.1) is 0 Å². The van der Waals surface area contributed by atoms with Gasteiger partial charge in [0.15, 0.2) is 6.29 Å². The zero-order valence-electron chi connectivity index (χ0n) is 20.1. The van der Waals surface area contributed by atoms with E-state index in [1.165, 1.54) is 70.6 Å². The third kappa shape index (κ3) is 12.4. The highest BCUT2D eigenvalue weighted by molar-refractivity contribution is 5.69. The summed E-state index contributed by atoms with van der Waals surface area (Å²) in [7, 11) is 0. The van der Waals surface area contributed by atoms with Crippen molar-refractivity contribution < 1.29 is 19.0 Å². The van der Waals surface area contributed by atoms with Crippen LogP contribution in [0.2, 0.25) is 0 Å². The van der Waals surface area contributed by atoms with Gasteiger partial charge in [0.2, 0.25) is 0 Å². The van der Waals surface area contributed by atoms with Gasteiger partial charge in [-0.25, -0.2) is 0 Å². The summed E-state index contributed by atoms with van der Waals surface area (Å²) in [5.74, 6) is -0.130. The van der Waals surface area contributed by atoms with Crippen LogP contribution >= 0.6 is 0 Å². The highest BCUT2D eigenvalue weighted by Gasteiger charge is 2.28. The molecule has 2 atom stereocenters. The van der Waals surface area contributed by atoms with Gasteiger partial charge in [0.1, 0.15) is 12.7 Å². The lowest BCUT2D eigenvalue weighted by molar-refractivity contribution is -0.148. The summed E-state index contributed by atoms with van der Waals surface area (Å²) in [4.78, 5) is 12.0. The standard InChI is InChI=1S/C28H44O4/c1-2-3-4-5-6-7-8-9-10-11-12-13-14-15-19-22-27(29)30-23-26-24-31-28(32-26)25-20-17-16-18-21-25/h9-10,16-18,20-21,26,28H,2-8,11-15,19,22-24H2,1H3/b10-9+/t26-,28+/m1/s1. The summed E-state index contributed by atoms with van der Waals surface area (Å²) in [5, 5.41) is 0. The smallest absolute Gasteiger partial charge is 0.305 e. The topological polar surface area (TPSA) is 44.8 Å². The third-order valence-electron chi connectivity index (χ3n) is 5.89. The summed E-state index contributed by atoms with van der Waals surface area (Å²) in [6.07, 6.45) is 21.0. The second kappa shape index (κ2) is 17.9. The summed E-state index contributed by atoms with van der Waals surface area (Å²) in [5.41, 5.74) is 0.995. The maximum absolute atomic E-state index is 12.0. The van der Waals surface area contributed by atoms with Crippen LogP contribution in [0.1, 0.15) is 109 Å². The second-order valence-corrected chi connectivity index (χ2v) is 8.85. The minimum absolute atomic E-state index is 0.130. The number of esters is 1. The lowest BCUT2D eigenvalue weighted by atomic mass is 10.1. The highest BCUT2D eigenvalue weighted by Crippen LogP contribution is 2.26. The average molecular weight is 445 g/mol. The summed E-state index contributed by atoms with van der Waals surface area (Å²) in [6, 6.07) is 9.84. The van der Waals surface area contributed by atoms with Crippen molar-refractivity contribution >= 4 is 5.97 Å². The van der Waals surface area contributed by atoms with Gasteiger partial charge in [-0.1, -0.05) is 101 Å². The summed E-state index contributed by atoms with van der Waals surface area (Å²) >= 11 is 0. The Bertz CT molecular complexity index is 613. The van der Waals surface area contributed by atoms with E-state index >= 15 is 0 Å². The van der Waals surface area contributed by atoms with Crippen molar-refractivity contribution in [2.75, 3.05) is 13.2 Å². The molecule has 1 aromatic carbocycles. The zero-order chi connectivity index (χ0) is 22.7. The Morgan fingerprint density at radius 2 is 1.53 bits per heavy atom. The normalized spacial score (nSPS) is 18.4. The van der Waals surface area contributed by atoms with Crippen LogP contribution < -0.4 is 0 Å². The summed E-state index contributed by atoms with van der Waals surface area (Å²) < 4.78 is 16.9. The van der Waals surface area contributed by atoms with Crippen LogP contribution in [0.3, 0.4) is 0 Å². The molecule has 0 aromatic heterocycles. The maximum Gasteiger partial charge on any atom is 0.305 e. The van der Waals surface area contributed by atoms with Gasteiger partial charge < -0.3 is 14.2 Å². The first-order valence-electron chi connectivity index (χ1n) is 12.9. The van der Waals surface area contributed by atoms with E-state index in [-0.39, 0.29) is 25.0 Å². The Morgan fingerprint density at radius 1 is 0.906 bits per heavy atom. The van der Waals surface area contributed by atoms with Crippen molar-refractivity contribution in [3.05, 3.63) is 48.0 Å². The van der Waals surface area contributed by atoms with E-state index in [0.29, 0.717) is 13.0 Å². The Morgan fingerprint density at radius 3 is 2.22 bits per heavy atom. The Hall–Kier alpha value is -1.65. The minimum Gasteiger partial charge on any atom is -0.463 e. The van der Waals surface area contributed by atoms with Gasteiger partial charge in [-0.05, 0) is 32.1 Å². The van der Waals surface area contributed by atoms with E-state index in [1.807, 2.05) is 30.3 Å². The van der Waals surface area contributed by atoms with E-state index in [9.17, 15) is 4.79 Å². The fourth-order valence-electron chi connectivity index (χ4n) is 3.92. The minimum atomic E-state index is -0.356. The molecule has 4 heteroatoms. The number of benzene rings is 1. The number of hydrogen-bond acceptors (Lipinski definition) is 4. The van der Waals surface area contributed by atoms with E-state index in [1.54, 1.807) is 0 Å². The molecule has 1 aliphatic rings. The van der Waals surface area contributed by atoms with E-state index in [2.05, 4.69) is 19.1 Å². The predicted octanol–water partition coefficient (Wildman–Crippen LogP) is 7.68. The van der Waals surface area contributed by atoms with Gasteiger partial charge in [-0.2, -0.15) is 0 Å². The molecule has 1 aliphatic heterocycles. The highest BCUT2D eigenvalue weighted by atomic mass is 16.7. The predicted molar refractivity (Wildman–Crippen MR) is 130 cm³/mol. The van der Waals surface area contributed by atoms with Crippen molar-refractivity contribution in [3.8, 4) is 0 Å². The largest absolute Gasteiger partial charge is 0.463 e. The van der Waals surface area contributed by atoms with E-state index < -0.39 is 0 Å². The molecule has 0 spiro atoms. The average Bonchev–Trinajstić information content (AvgIpc) is 3.30. The van der Waals surface area contributed by atoms with Crippen molar-refractivity contribution in [2.24, 2.45) is 0 Å². The first kappa shape index (κ1) is 26.6. The third-order valence-corrected chi connectivity index (χ3v) is 5.89. The number of ether oxygens (including phenoxy) is 3. The van der Waals surface area contributed by atoms with Crippen molar-refractivity contribution in [1.82, 2.24) is 0 Å². The van der Waals surface area contributed by atoms with Crippen LogP contribution in [0.4, 0.5) is 0 Å². The second-order valence-electron chi connectivity index (χ2n) is 8.85. The van der Waals surface area contributed by atoms with Crippen LogP contribution in [-0.4, -0.2) is 25.3 Å². The number of unbranched alkanes of at least 4 members (excludes halogenated alkanes) is 11. The molecule has 0 amide bonds. The van der Waals surface area contributed by atoms with E-state index in [0.717, 1.165) is 18.4 Å². The Labute approximate surface area is 195 Å². The van der Waals surface area contributed by atoms with Gasteiger partial charge in [0.05, 0.1) is 6.61 Å². The fraction of sp³-hybridized carbons (Fsp3) is 0.679. The van der Waals surface area contributed by atoms with Crippen LogP contribution in [0.15, 0.2) is 42.5 Å². The van der Waals surface area contributed by atoms with Crippen LogP contribution in [0.25, 0.3) is 0 Å². The molecular weight excluding hydrogens is 400 g/mol. The van der Waals surface area contributed by atoms with Gasteiger partial charge >= 0.3 is 5.97 Å². The Kier molecular flexibility index (Phi) is 14.8. The molecular formula is C28H44O4. The molecule has 0 N–H and O–H groups in total. The molecule has 1 aromatic rings. The lowest BCUT2D eigenvalue weighted by Crippen LogP contribution is -2.20. The Balaban J connectivity index is 1.36. The monoisotopic (exact) mass is 444 g/mol.